The molecule has 0 bridgehead atoms. The molecule has 0 radical (unpaired) electrons. The van der Waals surface area contributed by atoms with Gasteiger partial charge >= 0.3 is 6.03 Å². The Bertz CT molecular complexity index is 152. The van der Waals surface area contributed by atoms with Gasteiger partial charge in [-0.15, -0.1) is 0 Å². The van der Waals surface area contributed by atoms with Gasteiger partial charge in [-0.05, 0) is 0 Å². The van der Waals surface area contributed by atoms with Crippen LogP contribution in [0.1, 0.15) is 0 Å². The first-order valence-corrected chi connectivity index (χ1v) is 2.00. The average molecular weight is 130 g/mol. The summed E-state index contributed by atoms with van der Waals surface area (Å²) >= 11 is 0. The first-order valence-electron chi connectivity index (χ1n) is 2.00. The van der Waals surface area contributed by atoms with Crippen molar-refractivity contribution in [1.29, 1.82) is 0 Å². The topological polar surface area (TPSA) is 111 Å². The van der Waals surface area contributed by atoms with Crippen LogP contribution in [0.15, 0.2) is 4.99 Å². The summed E-state index contributed by atoms with van der Waals surface area (Å²) in [5.41, 5.74) is 9.49. The normalized spacial score (nSPS) is 10.4. The van der Waals surface area contributed by atoms with Gasteiger partial charge in [-0.3, -0.25) is 10.1 Å². The van der Waals surface area contributed by atoms with Crippen molar-refractivity contribution < 1.29 is 9.59 Å². The minimum Gasteiger partial charge on any atom is -0.369 e. The van der Waals surface area contributed by atoms with E-state index in [9.17, 15) is 9.59 Å². The van der Waals surface area contributed by atoms with Gasteiger partial charge in [-0.1, -0.05) is 0 Å². The molecule has 0 aliphatic heterocycles. The minimum atomic E-state index is -0.849. The maximum Gasteiger partial charge on any atom is 0.318 e. The van der Waals surface area contributed by atoms with Crippen LogP contribution in [-0.4, -0.2) is 18.4 Å². The van der Waals surface area contributed by atoms with Gasteiger partial charge < -0.3 is 11.5 Å². The molecule has 0 aromatic rings. The van der Waals surface area contributed by atoms with Crippen molar-refractivity contribution in [3.8, 4) is 0 Å². The molecular formula is C3H6N4O2. The molecule has 6 nitrogen and oxygen atoms in total. The Morgan fingerprint density at radius 1 is 1.56 bits per heavy atom. The Morgan fingerprint density at radius 2 is 2.11 bits per heavy atom. The van der Waals surface area contributed by atoms with E-state index in [-0.39, 0.29) is 12.4 Å². The zero-order valence-electron chi connectivity index (χ0n) is 4.50. The van der Waals surface area contributed by atoms with Crippen LogP contribution in [0.25, 0.3) is 0 Å². The number of hydrogen-bond donors (Lipinski definition) is 3. The number of rotatable bonds is 1. The molecule has 50 valence electrons. The van der Waals surface area contributed by atoms with Gasteiger partial charge in [0.2, 0.25) is 12.4 Å². The summed E-state index contributed by atoms with van der Waals surface area (Å²) < 4.78 is 0. The summed E-state index contributed by atoms with van der Waals surface area (Å²) in [6, 6.07) is -0.849. The van der Waals surface area contributed by atoms with Gasteiger partial charge in [-0.2, -0.15) is 4.99 Å². The van der Waals surface area contributed by atoms with Crippen LogP contribution in [-0.2, 0) is 4.79 Å². The Hall–Kier alpha value is -1.59. The molecule has 0 rings (SSSR count). The first-order chi connectivity index (χ1) is 4.16. The summed E-state index contributed by atoms with van der Waals surface area (Å²) in [5.74, 6) is -0.308. The maximum atomic E-state index is 9.92. The Kier molecular flexibility index (Phi) is 2.81. The quantitative estimate of drug-likeness (QED) is 0.219. The molecule has 3 amide bonds. The molecule has 0 spiro atoms. The van der Waals surface area contributed by atoms with E-state index in [4.69, 9.17) is 5.73 Å². The largest absolute Gasteiger partial charge is 0.369 e. The third kappa shape index (κ3) is 4.26. The van der Waals surface area contributed by atoms with Crippen molar-refractivity contribution >= 4 is 18.4 Å². The number of carbonyl (C=O) groups is 2. The monoisotopic (exact) mass is 130 g/mol. The van der Waals surface area contributed by atoms with E-state index in [1.165, 1.54) is 0 Å². The molecule has 0 heterocycles. The van der Waals surface area contributed by atoms with Gasteiger partial charge in [-0.25, -0.2) is 4.79 Å². The number of nitrogens with two attached hydrogens (primary N) is 2. The smallest absolute Gasteiger partial charge is 0.318 e. The first kappa shape index (κ1) is 7.41. The molecule has 0 aliphatic carbocycles. The van der Waals surface area contributed by atoms with E-state index in [1.54, 1.807) is 0 Å². The molecule has 5 N–H and O–H groups in total. The number of nitrogens with one attached hydrogen (secondary N) is 1. The van der Waals surface area contributed by atoms with Crippen LogP contribution in [0.3, 0.4) is 0 Å². The zero-order chi connectivity index (χ0) is 7.28. The number of nitrogens with zero attached hydrogens (tertiary/aromatic N) is 1. The Morgan fingerprint density at radius 3 is 2.44 bits per heavy atom. The minimum absolute atomic E-state index is 0.200. The highest BCUT2D eigenvalue weighted by Crippen LogP contribution is 1.57. The summed E-state index contributed by atoms with van der Waals surface area (Å²) in [6.45, 7) is 0. The predicted molar refractivity (Wildman–Crippen MR) is 30.4 cm³/mol. The summed E-state index contributed by atoms with van der Waals surface area (Å²) in [6.07, 6.45) is 0.200. The van der Waals surface area contributed by atoms with E-state index in [1.807, 2.05) is 5.32 Å². The van der Waals surface area contributed by atoms with E-state index in [0.29, 0.717) is 0 Å². The lowest BCUT2D eigenvalue weighted by Gasteiger charge is -1.94. The summed E-state index contributed by atoms with van der Waals surface area (Å²) in [5, 5.41) is 1.88. The highest BCUT2D eigenvalue weighted by Gasteiger charge is 1.91. The fraction of sp³-hybridized carbons (Fsp3) is 0. The van der Waals surface area contributed by atoms with Crippen molar-refractivity contribution in [2.45, 2.75) is 0 Å². The van der Waals surface area contributed by atoms with Crippen LogP contribution in [0.2, 0.25) is 0 Å². The number of amides is 3. The van der Waals surface area contributed by atoms with Crippen LogP contribution in [0.5, 0.6) is 0 Å². The number of primary amides is 1. The van der Waals surface area contributed by atoms with Crippen molar-refractivity contribution in [3.63, 3.8) is 0 Å². The molecular weight excluding hydrogens is 124 g/mol. The SMILES string of the molecule is NC(=O)NC(N)=NC=O. The molecule has 0 unspecified atom stereocenters. The van der Waals surface area contributed by atoms with Crippen LogP contribution in [0.4, 0.5) is 4.79 Å². The third-order valence-electron chi connectivity index (χ3n) is 0.443. The summed E-state index contributed by atoms with van der Waals surface area (Å²) in [7, 11) is 0. The second-order valence-electron chi connectivity index (χ2n) is 1.11. The van der Waals surface area contributed by atoms with E-state index < -0.39 is 6.03 Å². The van der Waals surface area contributed by atoms with E-state index in [2.05, 4.69) is 10.7 Å². The van der Waals surface area contributed by atoms with Gasteiger partial charge in [0.1, 0.15) is 0 Å². The zero-order valence-corrected chi connectivity index (χ0v) is 4.50. The fourth-order valence-electron chi connectivity index (χ4n) is 0.215. The van der Waals surface area contributed by atoms with Gasteiger partial charge in [0, 0.05) is 0 Å². The Balaban J connectivity index is 3.75. The molecule has 0 saturated carbocycles. The standard InChI is InChI=1S/C3H6N4O2/c4-2(6-1-8)7-3(5)9/h1H,(H5,4,5,6,7,8,9). The molecule has 0 atom stereocenters. The lowest BCUT2D eigenvalue weighted by Crippen LogP contribution is -2.40. The fourth-order valence-corrected chi connectivity index (χ4v) is 0.215. The molecule has 0 saturated heterocycles. The maximum absolute atomic E-state index is 9.92. The van der Waals surface area contributed by atoms with Crippen molar-refractivity contribution in [2.24, 2.45) is 16.5 Å². The number of carbonyl (C=O) groups excluding carboxylic acids is 2. The molecule has 6 heteroatoms. The van der Waals surface area contributed by atoms with E-state index >= 15 is 0 Å². The van der Waals surface area contributed by atoms with Crippen molar-refractivity contribution in [2.75, 3.05) is 0 Å². The van der Waals surface area contributed by atoms with E-state index in [0.717, 1.165) is 0 Å². The van der Waals surface area contributed by atoms with Crippen molar-refractivity contribution in [3.05, 3.63) is 0 Å². The second kappa shape index (κ2) is 3.42. The van der Waals surface area contributed by atoms with Crippen LogP contribution >= 0.6 is 0 Å². The van der Waals surface area contributed by atoms with Gasteiger partial charge in [0.05, 0.1) is 0 Å². The summed E-state index contributed by atoms with van der Waals surface area (Å²) in [4.78, 5) is 22.4. The molecule has 0 aliphatic rings. The van der Waals surface area contributed by atoms with Crippen LogP contribution < -0.4 is 16.8 Å². The molecule has 9 heavy (non-hydrogen) atoms. The molecule has 0 aromatic carbocycles. The highest BCUT2D eigenvalue weighted by atomic mass is 16.2. The van der Waals surface area contributed by atoms with Crippen molar-refractivity contribution in [1.82, 2.24) is 5.32 Å². The van der Waals surface area contributed by atoms with Crippen LogP contribution in [0, 0.1) is 0 Å². The lowest BCUT2D eigenvalue weighted by atomic mass is 10.9. The number of hydrogen-bond acceptors (Lipinski definition) is 2. The number of aliphatic imine (C=N–C) groups is 1. The second-order valence-corrected chi connectivity index (χ2v) is 1.11. The third-order valence-corrected chi connectivity index (χ3v) is 0.443. The number of guanidine groups is 1. The van der Waals surface area contributed by atoms with Gasteiger partial charge in [0.25, 0.3) is 0 Å². The average Bonchev–Trinajstić information content (AvgIpc) is 1.63. The van der Waals surface area contributed by atoms with Gasteiger partial charge in [0.15, 0.2) is 0 Å². The predicted octanol–water partition coefficient (Wildman–Crippen LogP) is -1.87. The Labute approximate surface area is 50.9 Å². The number of urea groups is 1. The highest BCUT2D eigenvalue weighted by molar-refractivity contribution is 5.96. The lowest BCUT2D eigenvalue weighted by molar-refractivity contribution is -0.106. The molecule has 0 fully saturated rings. The molecule has 0 aromatic heterocycles.